The standard InChI is InChI=1S/C5H4ClN3O4/c1-13-5(10)4-3(6)2-8(7-4)9(11)12/h2H,1H3. The number of nitro groups is 1. The van der Waals surface area contributed by atoms with Crippen molar-refractivity contribution >= 4 is 17.6 Å². The Balaban J connectivity index is 3.10. The second kappa shape index (κ2) is 3.40. The van der Waals surface area contributed by atoms with Crippen LogP contribution in [0.1, 0.15) is 10.5 Å². The third-order valence-corrected chi connectivity index (χ3v) is 1.48. The predicted octanol–water partition coefficient (Wildman–Crippen LogP) is 0.363. The van der Waals surface area contributed by atoms with E-state index in [1.807, 2.05) is 0 Å². The quantitative estimate of drug-likeness (QED) is 0.395. The zero-order valence-electron chi connectivity index (χ0n) is 6.43. The van der Waals surface area contributed by atoms with Crippen molar-refractivity contribution in [1.29, 1.82) is 0 Å². The summed E-state index contributed by atoms with van der Waals surface area (Å²) in [4.78, 5) is 21.4. The summed E-state index contributed by atoms with van der Waals surface area (Å²) in [5.41, 5.74) is -0.277. The molecule has 0 atom stereocenters. The molecule has 0 fully saturated rings. The second-order valence-electron chi connectivity index (χ2n) is 1.98. The molecule has 1 heterocycles. The highest BCUT2D eigenvalue weighted by Gasteiger charge is 2.24. The van der Waals surface area contributed by atoms with Gasteiger partial charge in [-0.3, -0.25) is 0 Å². The molecule has 0 unspecified atom stereocenters. The fourth-order valence-corrected chi connectivity index (χ4v) is 0.863. The topological polar surface area (TPSA) is 87.3 Å². The van der Waals surface area contributed by atoms with Crippen molar-refractivity contribution in [3.05, 3.63) is 27.0 Å². The number of nitrogens with zero attached hydrogens (tertiary/aromatic N) is 3. The first-order chi connectivity index (χ1) is 6.06. The van der Waals surface area contributed by atoms with Gasteiger partial charge in [-0.1, -0.05) is 11.6 Å². The van der Waals surface area contributed by atoms with E-state index in [1.54, 1.807) is 0 Å². The molecule has 0 aliphatic rings. The molecule has 13 heavy (non-hydrogen) atoms. The number of esters is 1. The van der Waals surface area contributed by atoms with E-state index in [0.717, 1.165) is 13.3 Å². The van der Waals surface area contributed by atoms with Gasteiger partial charge in [0.15, 0.2) is 0 Å². The molecule has 7 nitrogen and oxygen atoms in total. The Bertz CT molecular complexity index is 361. The van der Waals surface area contributed by atoms with Gasteiger partial charge in [-0.2, -0.15) is 0 Å². The van der Waals surface area contributed by atoms with E-state index >= 15 is 0 Å². The van der Waals surface area contributed by atoms with Crippen LogP contribution in [0.5, 0.6) is 0 Å². The maximum absolute atomic E-state index is 10.9. The molecule has 0 aliphatic heterocycles. The van der Waals surface area contributed by atoms with Crippen molar-refractivity contribution in [3.8, 4) is 0 Å². The Morgan fingerprint density at radius 2 is 2.46 bits per heavy atom. The van der Waals surface area contributed by atoms with Crippen LogP contribution in [0.25, 0.3) is 0 Å². The molecule has 0 amide bonds. The molecule has 0 N–H and O–H groups in total. The molecule has 1 aromatic rings. The van der Waals surface area contributed by atoms with Crippen LogP contribution in [-0.4, -0.2) is 28.0 Å². The maximum atomic E-state index is 10.9. The molecule has 0 saturated heterocycles. The number of methoxy groups -OCH3 is 1. The summed E-state index contributed by atoms with van der Waals surface area (Å²) >= 11 is 5.47. The van der Waals surface area contributed by atoms with Gasteiger partial charge in [-0.05, 0) is 0 Å². The van der Waals surface area contributed by atoms with Crippen LogP contribution in [-0.2, 0) is 4.74 Å². The van der Waals surface area contributed by atoms with E-state index in [-0.39, 0.29) is 10.7 Å². The number of aromatic nitrogens is 2. The number of ether oxygens (including phenoxy) is 1. The van der Waals surface area contributed by atoms with Gasteiger partial charge in [0.05, 0.1) is 17.2 Å². The summed E-state index contributed by atoms with van der Waals surface area (Å²) in [6.45, 7) is 0. The molecule has 1 rings (SSSR count). The SMILES string of the molecule is COC(=O)c1nn([N+](=O)[O-])cc1Cl. The van der Waals surface area contributed by atoms with Gasteiger partial charge in [0.25, 0.3) is 0 Å². The average Bonchev–Trinajstić information content (AvgIpc) is 2.46. The highest BCUT2D eigenvalue weighted by atomic mass is 35.5. The van der Waals surface area contributed by atoms with Crippen molar-refractivity contribution < 1.29 is 14.6 Å². The second-order valence-corrected chi connectivity index (χ2v) is 2.38. The van der Waals surface area contributed by atoms with E-state index in [4.69, 9.17) is 11.6 Å². The van der Waals surface area contributed by atoms with E-state index < -0.39 is 11.0 Å². The first-order valence-electron chi connectivity index (χ1n) is 3.04. The van der Waals surface area contributed by atoms with Gasteiger partial charge < -0.3 is 14.9 Å². The highest BCUT2D eigenvalue weighted by Crippen LogP contribution is 2.14. The van der Waals surface area contributed by atoms with Crippen LogP contribution >= 0.6 is 11.6 Å². The van der Waals surface area contributed by atoms with Gasteiger partial charge in [0.2, 0.25) is 0 Å². The van der Waals surface area contributed by atoms with E-state index in [2.05, 4.69) is 9.84 Å². The Hall–Kier alpha value is -1.63. The smallest absolute Gasteiger partial charge is 0.386 e. The van der Waals surface area contributed by atoms with Crippen molar-refractivity contribution in [2.45, 2.75) is 0 Å². The van der Waals surface area contributed by atoms with Crippen LogP contribution in [0.3, 0.4) is 0 Å². The van der Waals surface area contributed by atoms with Crippen LogP contribution < -0.4 is 0 Å². The third kappa shape index (κ3) is 1.75. The van der Waals surface area contributed by atoms with Gasteiger partial charge in [-0.25, -0.2) is 4.79 Å². The van der Waals surface area contributed by atoms with Gasteiger partial charge in [-0.15, -0.1) is 0 Å². The Kier molecular flexibility index (Phi) is 2.47. The maximum Gasteiger partial charge on any atom is 0.386 e. The van der Waals surface area contributed by atoms with Crippen LogP contribution in [0, 0.1) is 10.1 Å². The van der Waals surface area contributed by atoms with E-state index in [0.29, 0.717) is 4.79 Å². The van der Waals surface area contributed by atoms with Gasteiger partial charge >= 0.3 is 11.7 Å². The summed E-state index contributed by atoms with van der Waals surface area (Å²) in [5, 5.41) is 12.5. The number of hydrogen-bond donors (Lipinski definition) is 0. The van der Waals surface area contributed by atoms with Crippen LogP contribution in [0.15, 0.2) is 6.20 Å². The lowest BCUT2D eigenvalue weighted by atomic mass is 10.4. The van der Waals surface area contributed by atoms with E-state index in [9.17, 15) is 14.9 Å². The van der Waals surface area contributed by atoms with Crippen LogP contribution in [0.4, 0.5) is 0 Å². The Labute approximate surface area is 77.0 Å². The molecular formula is C5H4ClN3O4. The molecule has 1 aromatic heterocycles. The lowest BCUT2D eigenvalue weighted by molar-refractivity contribution is -0.552. The third-order valence-electron chi connectivity index (χ3n) is 1.20. The summed E-state index contributed by atoms with van der Waals surface area (Å²) in [6, 6.07) is 0. The number of carbonyl (C=O) groups excluding carboxylic acids is 1. The van der Waals surface area contributed by atoms with Gasteiger partial charge in [0, 0.05) is 4.79 Å². The first-order valence-corrected chi connectivity index (χ1v) is 3.42. The van der Waals surface area contributed by atoms with Crippen molar-refractivity contribution in [1.82, 2.24) is 9.89 Å². The summed E-state index contributed by atoms with van der Waals surface area (Å²) in [5.74, 6) is -0.814. The fraction of sp³-hybridized carbons (Fsp3) is 0.200. The lowest BCUT2D eigenvalue weighted by Crippen LogP contribution is -2.11. The molecule has 70 valence electrons. The molecule has 0 saturated carbocycles. The number of halogens is 1. The molecule has 8 heteroatoms. The minimum absolute atomic E-state index is 0.122. The van der Waals surface area contributed by atoms with E-state index in [1.165, 1.54) is 0 Å². The van der Waals surface area contributed by atoms with Gasteiger partial charge in [0.1, 0.15) is 11.2 Å². The minimum atomic E-state index is -0.821. The minimum Gasteiger partial charge on any atom is -0.463 e. The Morgan fingerprint density at radius 3 is 2.85 bits per heavy atom. The molecular weight excluding hydrogens is 202 g/mol. The molecule has 0 spiro atoms. The number of rotatable bonds is 2. The lowest BCUT2D eigenvalue weighted by Gasteiger charge is -1.88. The van der Waals surface area contributed by atoms with Crippen LogP contribution in [0.2, 0.25) is 5.02 Å². The largest absolute Gasteiger partial charge is 0.463 e. The highest BCUT2D eigenvalue weighted by molar-refractivity contribution is 6.33. The average molecular weight is 206 g/mol. The summed E-state index contributed by atoms with van der Waals surface area (Å²) in [7, 11) is 1.13. The predicted molar refractivity (Wildman–Crippen MR) is 41.0 cm³/mol. The first kappa shape index (κ1) is 9.46. The molecule has 0 bridgehead atoms. The zero-order valence-corrected chi connectivity index (χ0v) is 7.19. The van der Waals surface area contributed by atoms with Crippen molar-refractivity contribution in [3.63, 3.8) is 0 Å². The monoisotopic (exact) mass is 205 g/mol. The molecule has 0 aromatic carbocycles. The molecule has 0 aliphatic carbocycles. The fourth-order valence-electron chi connectivity index (χ4n) is 0.660. The van der Waals surface area contributed by atoms with Crippen molar-refractivity contribution in [2.24, 2.45) is 0 Å². The molecule has 0 radical (unpaired) electrons. The normalized spacial score (nSPS) is 9.69. The Morgan fingerprint density at radius 1 is 1.85 bits per heavy atom. The number of carbonyl (C=O) groups is 1. The number of hydrogen-bond acceptors (Lipinski definition) is 5. The van der Waals surface area contributed by atoms with Crippen molar-refractivity contribution in [2.75, 3.05) is 7.11 Å². The summed E-state index contributed by atoms with van der Waals surface area (Å²) in [6.07, 6.45) is 0.911. The summed E-state index contributed by atoms with van der Waals surface area (Å²) < 4.78 is 4.29. The zero-order chi connectivity index (χ0) is 10.0.